The highest BCUT2D eigenvalue weighted by atomic mass is 35.5. The second-order valence-corrected chi connectivity index (χ2v) is 11.6. The molecule has 142 valence electrons. The molecule has 26 heavy (non-hydrogen) atoms. The summed E-state index contributed by atoms with van der Waals surface area (Å²) in [6, 6.07) is 7.60. The van der Waals surface area contributed by atoms with E-state index in [0.717, 1.165) is 42.8 Å². The zero-order chi connectivity index (χ0) is 18.9. The first-order chi connectivity index (χ1) is 12.2. The van der Waals surface area contributed by atoms with Crippen molar-refractivity contribution in [2.75, 3.05) is 12.3 Å². The molecule has 0 aromatic heterocycles. The summed E-state index contributed by atoms with van der Waals surface area (Å²) in [5, 5.41) is 0.708. The van der Waals surface area contributed by atoms with E-state index in [1.54, 1.807) is 20.8 Å². The second kappa shape index (κ2) is 7.43. The van der Waals surface area contributed by atoms with Crippen LogP contribution in [0.15, 0.2) is 34.3 Å². The highest BCUT2D eigenvalue weighted by Crippen LogP contribution is 2.33. The molecule has 2 aliphatic rings. The minimum absolute atomic E-state index is 0.272. The Morgan fingerprint density at radius 2 is 1.69 bits per heavy atom. The van der Waals surface area contributed by atoms with Crippen molar-refractivity contribution in [3.8, 4) is 0 Å². The average Bonchev–Trinajstić information content (AvgIpc) is 3.05. The van der Waals surface area contributed by atoms with Crippen LogP contribution in [0.1, 0.15) is 52.0 Å². The van der Waals surface area contributed by atoms with Gasteiger partial charge in [0, 0.05) is 16.3 Å². The lowest BCUT2D eigenvalue weighted by molar-refractivity contribution is 0.342. The number of hydrogen-bond acceptors (Lipinski definition) is 4. The van der Waals surface area contributed by atoms with E-state index in [4.69, 9.17) is 16.6 Å². The van der Waals surface area contributed by atoms with Crippen LogP contribution in [0.25, 0.3) is 0 Å². The molecule has 0 unspecified atom stereocenters. The Kier molecular flexibility index (Phi) is 5.59. The lowest BCUT2D eigenvalue weighted by Gasteiger charge is -2.30. The van der Waals surface area contributed by atoms with Crippen LogP contribution in [0.3, 0.4) is 0 Å². The van der Waals surface area contributed by atoms with Gasteiger partial charge in [0.05, 0.1) is 17.0 Å². The third-order valence-corrected chi connectivity index (χ3v) is 8.48. The highest BCUT2D eigenvalue weighted by Gasteiger charge is 2.34. The lowest BCUT2D eigenvalue weighted by atomic mass is 9.80. The minimum atomic E-state index is -3.05. The maximum atomic E-state index is 12.4. The summed E-state index contributed by atoms with van der Waals surface area (Å²) in [5.74, 6) is 1.79. The predicted molar refractivity (Wildman–Crippen MR) is 109 cm³/mol. The molecule has 0 amide bonds. The Morgan fingerprint density at radius 3 is 2.27 bits per heavy atom. The van der Waals surface area contributed by atoms with Gasteiger partial charge in [-0.05, 0) is 82.6 Å². The van der Waals surface area contributed by atoms with E-state index in [0.29, 0.717) is 23.2 Å². The van der Waals surface area contributed by atoms with Crippen LogP contribution in [0.4, 0.5) is 0 Å². The van der Waals surface area contributed by atoms with E-state index in [2.05, 4.69) is 4.99 Å². The van der Waals surface area contributed by atoms with E-state index in [1.165, 1.54) is 0 Å². The number of halogens is 1. The van der Waals surface area contributed by atoms with Gasteiger partial charge >= 0.3 is 0 Å². The molecule has 0 atom stereocenters. The van der Waals surface area contributed by atoms with E-state index in [9.17, 15) is 8.42 Å². The average molecular weight is 395 g/mol. The van der Waals surface area contributed by atoms with E-state index < -0.39 is 14.6 Å². The second-order valence-electron chi connectivity index (χ2n) is 8.36. The van der Waals surface area contributed by atoms with Crippen LogP contribution >= 0.6 is 11.6 Å². The van der Waals surface area contributed by atoms with Crippen LogP contribution in [-0.4, -0.2) is 37.0 Å². The van der Waals surface area contributed by atoms with Crippen LogP contribution < -0.4 is 0 Å². The van der Waals surface area contributed by atoms with Gasteiger partial charge in [0.15, 0.2) is 15.7 Å². The summed E-state index contributed by atoms with van der Waals surface area (Å²) >= 11 is 5.94. The number of nitrogens with zero attached hydrogens (tertiary/aromatic N) is 2. The van der Waals surface area contributed by atoms with Gasteiger partial charge in [-0.2, -0.15) is 0 Å². The normalized spacial score (nSPS) is 24.3. The first kappa shape index (κ1) is 19.6. The molecule has 1 aromatic rings. The van der Waals surface area contributed by atoms with Crippen molar-refractivity contribution in [2.45, 2.75) is 51.2 Å². The summed E-state index contributed by atoms with van der Waals surface area (Å²) in [7, 11) is -3.05. The smallest absolute Gasteiger partial charge is 0.155 e. The molecule has 1 aromatic carbocycles. The Hall–Kier alpha value is -1.20. The molecule has 1 heterocycles. The van der Waals surface area contributed by atoms with Gasteiger partial charge in [-0.1, -0.05) is 11.6 Å². The van der Waals surface area contributed by atoms with Crippen LogP contribution in [-0.2, 0) is 9.84 Å². The number of benzene rings is 1. The number of amidine groups is 1. The van der Waals surface area contributed by atoms with Crippen LogP contribution in [0, 0.1) is 11.8 Å². The van der Waals surface area contributed by atoms with Crippen molar-refractivity contribution in [3.63, 3.8) is 0 Å². The SMILES string of the molecule is CC(C)(C)S(=O)(=O)CC1CCC(C2=NC(c3ccc(Cl)cc3)=NC2)CC1. The highest BCUT2D eigenvalue weighted by molar-refractivity contribution is 7.92. The topological polar surface area (TPSA) is 58.9 Å². The quantitative estimate of drug-likeness (QED) is 0.751. The maximum absolute atomic E-state index is 12.4. The number of aliphatic imine (C=N–C) groups is 2. The molecule has 4 nitrogen and oxygen atoms in total. The molecular formula is C20H27ClN2O2S. The molecule has 0 saturated heterocycles. The molecule has 1 fully saturated rings. The third-order valence-electron chi connectivity index (χ3n) is 5.45. The van der Waals surface area contributed by atoms with Gasteiger partial charge < -0.3 is 0 Å². The standard InChI is InChI=1S/C20H27ClN2O2S/c1-20(2,3)26(24,25)13-14-4-6-15(7-5-14)18-12-22-19(23-18)16-8-10-17(21)11-9-16/h8-11,14-15H,4-7,12-13H2,1-3H3. The zero-order valence-electron chi connectivity index (χ0n) is 15.7. The van der Waals surface area contributed by atoms with Crippen molar-refractivity contribution in [1.29, 1.82) is 0 Å². The first-order valence-electron chi connectivity index (χ1n) is 9.26. The van der Waals surface area contributed by atoms with Gasteiger partial charge in [-0.15, -0.1) is 0 Å². The van der Waals surface area contributed by atoms with Crippen molar-refractivity contribution in [3.05, 3.63) is 34.9 Å². The molecule has 3 rings (SSSR count). The number of hydrogen-bond donors (Lipinski definition) is 0. The molecule has 1 aliphatic carbocycles. The molecule has 1 saturated carbocycles. The van der Waals surface area contributed by atoms with Gasteiger partial charge in [-0.25, -0.2) is 13.4 Å². The predicted octanol–water partition coefficient (Wildman–Crippen LogP) is 4.56. The van der Waals surface area contributed by atoms with E-state index >= 15 is 0 Å². The molecule has 1 aliphatic heterocycles. The summed E-state index contributed by atoms with van der Waals surface area (Å²) in [5.41, 5.74) is 2.14. The van der Waals surface area contributed by atoms with Gasteiger partial charge in [0.25, 0.3) is 0 Å². The molecule has 0 spiro atoms. The lowest BCUT2D eigenvalue weighted by Crippen LogP contribution is -2.35. The summed E-state index contributed by atoms with van der Waals surface area (Å²) in [6.07, 6.45) is 3.92. The summed E-state index contributed by atoms with van der Waals surface area (Å²) < 4.78 is 24.2. The Labute approximate surface area is 161 Å². The van der Waals surface area contributed by atoms with E-state index in [1.807, 2.05) is 24.3 Å². The molecule has 0 N–H and O–H groups in total. The fraction of sp³-hybridized carbons (Fsp3) is 0.600. The molecule has 0 radical (unpaired) electrons. The maximum Gasteiger partial charge on any atom is 0.155 e. The summed E-state index contributed by atoms with van der Waals surface area (Å²) in [6.45, 7) is 6.03. The van der Waals surface area contributed by atoms with Crippen molar-refractivity contribution < 1.29 is 8.42 Å². The molecule has 0 bridgehead atoms. The van der Waals surface area contributed by atoms with E-state index in [-0.39, 0.29) is 5.92 Å². The zero-order valence-corrected chi connectivity index (χ0v) is 17.3. The molecular weight excluding hydrogens is 368 g/mol. The van der Waals surface area contributed by atoms with Crippen LogP contribution in [0.5, 0.6) is 0 Å². The first-order valence-corrected chi connectivity index (χ1v) is 11.3. The molecule has 6 heteroatoms. The fourth-order valence-electron chi connectivity index (χ4n) is 3.56. The number of rotatable bonds is 4. The van der Waals surface area contributed by atoms with Gasteiger partial charge in [0.2, 0.25) is 0 Å². The van der Waals surface area contributed by atoms with Gasteiger partial charge in [0.1, 0.15) is 0 Å². The summed E-state index contributed by atoms with van der Waals surface area (Å²) in [4.78, 5) is 9.33. The Bertz CT molecular complexity index is 812. The van der Waals surface area contributed by atoms with Crippen molar-refractivity contribution in [2.24, 2.45) is 21.8 Å². The Morgan fingerprint density at radius 1 is 1.08 bits per heavy atom. The van der Waals surface area contributed by atoms with Crippen molar-refractivity contribution >= 4 is 33.0 Å². The number of sulfone groups is 1. The van der Waals surface area contributed by atoms with Gasteiger partial charge in [-0.3, -0.25) is 4.99 Å². The third kappa shape index (κ3) is 4.37. The largest absolute Gasteiger partial charge is 0.260 e. The van der Waals surface area contributed by atoms with Crippen molar-refractivity contribution in [1.82, 2.24) is 0 Å². The monoisotopic (exact) mass is 394 g/mol. The fourth-order valence-corrected chi connectivity index (χ4v) is 5.14. The Balaban J connectivity index is 1.58. The minimum Gasteiger partial charge on any atom is -0.260 e. The van der Waals surface area contributed by atoms with Crippen LogP contribution in [0.2, 0.25) is 5.02 Å².